The fourth-order valence-electron chi connectivity index (χ4n) is 8.57. The quantitative estimate of drug-likeness (QED) is 0.196. The lowest BCUT2D eigenvalue weighted by Gasteiger charge is -2.31. The third-order valence-electron chi connectivity index (χ3n) is 10.5. The minimum absolute atomic E-state index is 0.387. The van der Waals surface area contributed by atoms with Crippen LogP contribution >= 0.6 is 0 Å². The van der Waals surface area contributed by atoms with E-state index in [4.69, 9.17) is 0 Å². The van der Waals surface area contributed by atoms with Gasteiger partial charge in [-0.25, -0.2) is 0 Å². The van der Waals surface area contributed by atoms with Crippen molar-refractivity contribution in [3.8, 4) is 22.3 Å². The van der Waals surface area contributed by atoms with Crippen LogP contribution in [-0.4, -0.2) is 0 Å². The minimum atomic E-state index is -0.387. The van der Waals surface area contributed by atoms with Gasteiger partial charge in [-0.2, -0.15) is 0 Å². The molecule has 1 spiro atoms. The lowest BCUT2D eigenvalue weighted by atomic mass is 9.70. The molecule has 0 atom stereocenters. The molecule has 0 bridgehead atoms. The predicted molar refractivity (Wildman–Crippen MR) is 197 cm³/mol. The van der Waals surface area contributed by atoms with Crippen LogP contribution < -0.4 is 4.90 Å². The summed E-state index contributed by atoms with van der Waals surface area (Å²) in [6.45, 7) is 2.16. The molecule has 0 saturated carbocycles. The maximum atomic E-state index is 2.50. The summed E-state index contributed by atoms with van der Waals surface area (Å²) < 4.78 is 0. The van der Waals surface area contributed by atoms with Crippen molar-refractivity contribution in [2.45, 2.75) is 12.3 Å². The van der Waals surface area contributed by atoms with Gasteiger partial charge in [0.05, 0.1) is 5.41 Å². The van der Waals surface area contributed by atoms with Gasteiger partial charge in [-0.3, -0.25) is 0 Å². The average Bonchev–Trinajstić information content (AvgIpc) is 3.58. The number of aryl methyl sites for hydroxylation is 1. The number of fused-ring (bicyclic) bond motifs is 13. The van der Waals surface area contributed by atoms with E-state index in [1.807, 2.05) is 0 Å². The van der Waals surface area contributed by atoms with E-state index in [1.165, 1.54) is 71.6 Å². The molecular formula is C46H31N. The second-order valence-electron chi connectivity index (χ2n) is 13.0. The smallest absolute Gasteiger partial charge is 0.0725 e. The number of anilines is 3. The molecule has 0 radical (unpaired) electrons. The largest absolute Gasteiger partial charge is 0.310 e. The second kappa shape index (κ2) is 9.79. The highest BCUT2D eigenvalue weighted by atomic mass is 15.1. The van der Waals surface area contributed by atoms with Gasteiger partial charge in [0, 0.05) is 17.1 Å². The molecule has 220 valence electrons. The molecule has 0 unspecified atom stereocenters. The van der Waals surface area contributed by atoms with Crippen molar-refractivity contribution in [3.63, 3.8) is 0 Å². The Morgan fingerprint density at radius 3 is 1.83 bits per heavy atom. The van der Waals surface area contributed by atoms with Crippen LogP contribution in [0.4, 0.5) is 17.1 Å². The molecule has 2 aliphatic carbocycles. The van der Waals surface area contributed by atoms with Crippen LogP contribution in [0.5, 0.6) is 0 Å². The fraction of sp³-hybridized carbons (Fsp3) is 0.0435. The van der Waals surface area contributed by atoms with Crippen molar-refractivity contribution in [2.75, 3.05) is 4.90 Å². The SMILES string of the molecule is Cc1cccc(N(c2ccccc2)c2ccc3cc4c(cc3c2)C2(c3ccccc3-c3ccccc32)c2ccc3ccccc3c2-4)c1. The Bertz CT molecular complexity index is 2500. The maximum absolute atomic E-state index is 2.50. The van der Waals surface area contributed by atoms with Gasteiger partial charge in [0.2, 0.25) is 0 Å². The molecular weight excluding hydrogens is 567 g/mol. The van der Waals surface area contributed by atoms with Gasteiger partial charge in [0.1, 0.15) is 0 Å². The zero-order chi connectivity index (χ0) is 31.1. The van der Waals surface area contributed by atoms with Crippen LogP contribution in [-0.2, 0) is 5.41 Å². The second-order valence-corrected chi connectivity index (χ2v) is 13.0. The third-order valence-corrected chi connectivity index (χ3v) is 10.5. The topological polar surface area (TPSA) is 3.24 Å². The van der Waals surface area contributed by atoms with Crippen molar-refractivity contribution in [2.24, 2.45) is 0 Å². The van der Waals surface area contributed by atoms with E-state index in [-0.39, 0.29) is 5.41 Å². The fourth-order valence-corrected chi connectivity index (χ4v) is 8.57. The van der Waals surface area contributed by atoms with Gasteiger partial charge in [0.15, 0.2) is 0 Å². The summed E-state index contributed by atoms with van der Waals surface area (Å²) in [6.07, 6.45) is 0. The van der Waals surface area contributed by atoms with Crippen LogP contribution in [0.25, 0.3) is 43.8 Å². The summed E-state index contributed by atoms with van der Waals surface area (Å²) in [6, 6.07) is 63.1. The molecule has 0 amide bonds. The van der Waals surface area contributed by atoms with E-state index in [2.05, 4.69) is 182 Å². The van der Waals surface area contributed by atoms with Crippen LogP contribution in [0.3, 0.4) is 0 Å². The van der Waals surface area contributed by atoms with Crippen molar-refractivity contribution in [1.82, 2.24) is 0 Å². The molecule has 47 heavy (non-hydrogen) atoms. The lowest BCUT2D eigenvalue weighted by Crippen LogP contribution is -2.25. The Labute approximate surface area is 275 Å². The van der Waals surface area contributed by atoms with Crippen molar-refractivity contribution < 1.29 is 0 Å². The van der Waals surface area contributed by atoms with Gasteiger partial charge in [-0.1, -0.05) is 121 Å². The Morgan fingerprint density at radius 2 is 1.04 bits per heavy atom. The standard InChI is InChI=1S/C46H31N/c1-30-12-11-16-35(26-30)47(34-14-3-2-4-15-34)36-24-22-32-28-40-44(29-33(32)27-36)46(43-25-23-31-13-5-6-17-37(31)45(40)43)41-20-9-7-18-38(41)39-19-8-10-21-42(39)46/h2-29H,1H3. The first-order valence-corrected chi connectivity index (χ1v) is 16.4. The van der Waals surface area contributed by atoms with Gasteiger partial charge < -0.3 is 4.90 Å². The number of para-hydroxylation sites is 1. The van der Waals surface area contributed by atoms with E-state index in [0.29, 0.717) is 0 Å². The number of benzene rings is 8. The Balaban J connectivity index is 1.29. The number of hydrogen-bond acceptors (Lipinski definition) is 1. The van der Waals surface area contributed by atoms with Crippen LogP contribution in [0, 0.1) is 6.92 Å². The van der Waals surface area contributed by atoms with E-state index in [0.717, 1.165) is 17.1 Å². The predicted octanol–water partition coefficient (Wildman–Crippen LogP) is 12.1. The molecule has 0 fully saturated rings. The van der Waals surface area contributed by atoms with E-state index in [9.17, 15) is 0 Å². The molecule has 0 heterocycles. The maximum Gasteiger partial charge on any atom is 0.0725 e. The Hall–Kier alpha value is -5.92. The molecule has 10 rings (SSSR count). The lowest BCUT2D eigenvalue weighted by molar-refractivity contribution is 0.795. The summed E-state index contributed by atoms with van der Waals surface area (Å²) >= 11 is 0. The highest BCUT2D eigenvalue weighted by Crippen LogP contribution is 2.64. The first-order chi connectivity index (χ1) is 23.2. The summed E-state index contributed by atoms with van der Waals surface area (Å²) in [4.78, 5) is 2.37. The van der Waals surface area contributed by atoms with Gasteiger partial charge in [-0.05, 0) is 127 Å². The molecule has 2 aliphatic rings. The van der Waals surface area contributed by atoms with Crippen molar-refractivity contribution >= 4 is 38.6 Å². The Kier molecular flexibility index (Phi) is 5.48. The number of rotatable bonds is 3. The molecule has 0 N–H and O–H groups in total. The molecule has 1 heteroatoms. The number of hydrogen-bond donors (Lipinski definition) is 0. The number of nitrogens with zero attached hydrogens (tertiary/aromatic N) is 1. The highest BCUT2D eigenvalue weighted by Gasteiger charge is 2.52. The molecule has 1 nitrogen and oxygen atoms in total. The first kappa shape index (κ1) is 26.3. The average molecular weight is 598 g/mol. The first-order valence-electron chi connectivity index (χ1n) is 16.4. The summed E-state index contributed by atoms with van der Waals surface area (Å²) in [5, 5.41) is 5.09. The summed E-state index contributed by atoms with van der Waals surface area (Å²) in [5.74, 6) is 0. The van der Waals surface area contributed by atoms with Gasteiger partial charge in [-0.15, -0.1) is 0 Å². The van der Waals surface area contributed by atoms with Gasteiger partial charge in [0.25, 0.3) is 0 Å². The third kappa shape index (κ3) is 3.60. The molecule has 0 aromatic heterocycles. The summed E-state index contributed by atoms with van der Waals surface area (Å²) in [5.41, 5.74) is 15.2. The van der Waals surface area contributed by atoms with Crippen LogP contribution in [0.2, 0.25) is 0 Å². The van der Waals surface area contributed by atoms with E-state index in [1.54, 1.807) is 0 Å². The molecule has 0 saturated heterocycles. The van der Waals surface area contributed by atoms with Crippen molar-refractivity contribution in [3.05, 3.63) is 198 Å². The molecule has 8 aromatic rings. The Morgan fingerprint density at radius 1 is 0.383 bits per heavy atom. The van der Waals surface area contributed by atoms with Crippen LogP contribution in [0.1, 0.15) is 27.8 Å². The van der Waals surface area contributed by atoms with Gasteiger partial charge >= 0.3 is 0 Å². The zero-order valence-electron chi connectivity index (χ0n) is 26.1. The normalized spacial score (nSPS) is 13.4. The zero-order valence-corrected chi connectivity index (χ0v) is 26.1. The molecule has 0 aliphatic heterocycles. The van der Waals surface area contributed by atoms with E-state index >= 15 is 0 Å². The highest BCUT2D eigenvalue weighted by molar-refractivity contribution is 6.08. The monoisotopic (exact) mass is 597 g/mol. The minimum Gasteiger partial charge on any atom is -0.310 e. The molecule has 8 aromatic carbocycles. The van der Waals surface area contributed by atoms with Crippen LogP contribution in [0.15, 0.2) is 170 Å². The summed E-state index contributed by atoms with van der Waals surface area (Å²) in [7, 11) is 0. The van der Waals surface area contributed by atoms with E-state index < -0.39 is 0 Å². The van der Waals surface area contributed by atoms with Crippen molar-refractivity contribution in [1.29, 1.82) is 0 Å².